The van der Waals surface area contributed by atoms with Crippen LogP contribution in [0.25, 0.3) is 0 Å². The number of unbranched alkanes of at least 4 members (excludes halogenated alkanes) is 1. The van der Waals surface area contributed by atoms with Gasteiger partial charge in [0.1, 0.15) is 0 Å². The number of hydrogen-bond acceptors (Lipinski definition) is 4. The van der Waals surface area contributed by atoms with Crippen LogP contribution >= 0.6 is 11.8 Å². The Balaban J connectivity index is 1.78. The van der Waals surface area contributed by atoms with Gasteiger partial charge in [-0.1, -0.05) is 88.3 Å². The summed E-state index contributed by atoms with van der Waals surface area (Å²) >= 11 is 1.57. The van der Waals surface area contributed by atoms with Crippen LogP contribution in [-0.2, 0) is 5.41 Å². The fraction of sp³-hybridized carbons (Fsp3) is 0.286. The van der Waals surface area contributed by atoms with Crippen LogP contribution in [0.15, 0.2) is 70.5 Å². The van der Waals surface area contributed by atoms with E-state index in [-0.39, 0.29) is 17.0 Å². The van der Waals surface area contributed by atoms with Gasteiger partial charge in [-0.3, -0.25) is 9.59 Å². The Hall–Kier alpha value is -2.85. The number of carbonyl (C=O) groups is 2. The largest absolute Gasteiger partial charge is 0.384 e. The monoisotopic (exact) mass is 443 g/mol. The second-order valence-electron chi connectivity index (χ2n) is 9.19. The Morgan fingerprint density at radius 1 is 0.781 bits per heavy atom. The number of nitrogens with one attached hydrogen (secondary N) is 1. The SMILES string of the molecule is CCCCNc1cccc2c1C(=O)c1cccc(Sc3ccccc3C(C)(C)C)c1C2=O. The third-order valence-electron chi connectivity index (χ3n) is 5.79. The van der Waals surface area contributed by atoms with Crippen LogP contribution in [0.2, 0.25) is 0 Å². The van der Waals surface area contributed by atoms with E-state index in [1.54, 1.807) is 23.9 Å². The third-order valence-corrected chi connectivity index (χ3v) is 6.93. The Labute approximate surface area is 194 Å². The Morgan fingerprint density at radius 2 is 1.41 bits per heavy atom. The van der Waals surface area contributed by atoms with E-state index < -0.39 is 0 Å². The average molecular weight is 444 g/mol. The van der Waals surface area contributed by atoms with Crippen molar-refractivity contribution in [2.45, 2.75) is 55.7 Å². The van der Waals surface area contributed by atoms with Gasteiger partial charge in [-0.15, -0.1) is 0 Å². The first-order chi connectivity index (χ1) is 15.3. The molecule has 3 aromatic carbocycles. The van der Waals surface area contributed by atoms with Crippen LogP contribution < -0.4 is 5.32 Å². The molecule has 0 radical (unpaired) electrons. The standard InChI is InChI=1S/C28H29NO2S/c1-5-6-17-29-21-14-9-11-18-24(21)26(30)19-12-10-16-23(25(19)27(18)31)32-22-15-8-7-13-20(22)28(2,3)4/h7-16,29H,5-6,17H2,1-4H3. The normalized spacial score (nSPS) is 13.0. The molecule has 1 aliphatic rings. The summed E-state index contributed by atoms with van der Waals surface area (Å²) in [4.78, 5) is 29.1. The number of ketones is 2. The summed E-state index contributed by atoms with van der Waals surface area (Å²) in [6, 6.07) is 19.4. The first kappa shape index (κ1) is 22.3. The van der Waals surface area contributed by atoms with Crippen LogP contribution in [0.5, 0.6) is 0 Å². The number of rotatable bonds is 6. The van der Waals surface area contributed by atoms with E-state index in [1.165, 1.54) is 5.56 Å². The van der Waals surface area contributed by atoms with Crippen molar-refractivity contribution in [3.63, 3.8) is 0 Å². The van der Waals surface area contributed by atoms with Crippen molar-refractivity contribution >= 4 is 29.0 Å². The maximum absolute atomic E-state index is 13.6. The minimum Gasteiger partial charge on any atom is -0.384 e. The van der Waals surface area contributed by atoms with Gasteiger partial charge in [-0.25, -0.2) is 0 Å². The van der Waals surface area contributed by atoms with Crippen LogP contribution in [-0.4, -0.2) is 18.1 Å². The molecule has 0 spiro atoms. The zero-order valence-corrected chi connectivity index (χ0v) is 19.9. The highest BCUT2D eigenvalue weighted by molar-refractivity contribution is 7.99. The summed E-state index contributed by atoms with van der Waals surface area (Å²) in [5.41, 5.74) is 3.94. The summed E-state index contributed by atoms with van der Waals surface area (Å²) < 4.78 is 0. The van der Waals surface area contributed by atoms with E-state index in [1.807, 2.05) is 36.4 Å². The van der Waals surface area contributed by atoms with Crippen LogP contribution in [0, 0.1) is 0 Å². The minimum atomic E-state index is -0.0826. The minimum absolute atomic E-state index is 0.0239. The number of fused-ring (bicyclic) bond motifs is 2. The molecule has 0 aromatic heterocycles. The lowest BCUT2D eigenvalue weighted by atomic mass is 9.83. The molecule has 0 bridgehead atoms. The zero-order chi connectivity index (χ0) is 22.9. The van der Waals surface area contributed by atoms with Gasteiger partial charge in [0, 0.05) is 38.7 Å². The highest BCUT2D eigenvalue weighted by Gasteiger charge is 2.34. The lowest BCUT2D eigenvalue weighted by molar-refractivity contribution is 0.0977. The molecule has 164 valence electrons. The van der Waals surface area contributed by atoms with Crippen molar-refractivity contribution < 1.29 is 9.59 Å². The summed E-state index contributed by atoms with van der Waals surface area (Å²) in [5, 5.41) is 3.36. The van der Waals surface area contributed by atoms with Crippen molar-refractivity contribution in [2.75, 3.05) is 11.9 Å². The molecular weight excluding hydrogens is 414 g/mol. The molecule has 4 rings (SSSR count). The zero-order valence-electron chi connectivity index (χ0n) is 19.1. The van der Waals surface area contributed by atoms with Crippen LogP contribution in [0.1, 0.15) is 77.9 Å². The first-order valence-corrected chi connectivity index (χ1v) is 12.0. The molecule has 0 amide bonds. The summed E-state index contributed by atoms with van der Waals surface area (Å²) in [7, 11) is 0. The number of anilines is 1. The van der Waals surface area contributed by atoms with Gasteiger partial charge in [0.15, 0.2) is 11.6 Å². The molecule has 0 saturated heterocycles. The predicted molar refractivity (Wildman–Crippen MR) is 132 cm³/mol. The van der Waals surface area contributed by atoms with Gasteiger partial charge in [0.05, 0.1) is 5.56 Å². The van der Waals surface area contributed by atoms with Gasteiger partial charge in [0.25, 0.3) is 0 Å². The Kier molecular flexibility index (Phi) is 6.25. The average Bonchev–Trinajstić information content (AvgIpc) is 2.77. The Morgan fingerprint density at radius 3 is 2.12 bits per heavy atom. The summed E-state index contributed by atoms with van der Waals surface area (Å²) in [6.45, 7) is 9.46. The molecule has 0 atom stereocenters. The van der Waals surface area contributed by atoms with Crippen molar-refractivity contribution in [1.82, 2.24) is 0 Å². The van der Waals surface area contributed by atoms with Crippen molar-refractivity contribution in [3.05, 3.63) is 88.5 Å². The fourth-order valence-electron chi connectivity index (χ4n) is 4.14. The van der Waals surface area contributed by atoms with Gasteiger partial charge in [-0.05, 0) is 35.6 Å². The second-order valence-corrected chi connectivity index (χ2v) is 10.3. The molecule has 3 nitrogen and oxygen atoms in total. The van der Waals surface area contributed by atoms with Gasteiger partial charge in [0.2, 0.25) is 0 Å². The lowest BCUT2D eigenvalue weighted by Gasteiger charge is -2.25. The van der Waals surface area contributed by atoms with E-state index >= 15 is 0 Å². The maximum Gasteiger partial charge on any atom is 0.196 e. The second kappa shape index (κ2) is 8.95. The molecule has 3 aromatic rings. The van der Waals surface area contributed by atoms with Crippen LogP contribution in [0.4, 0.5) is 5.69 Å². The quantitative estimate of drug-likeness (QED) is 0.322. The molecule has 0 heterocycles. The maximum atomic E-state index is 13.6. The third kappa shape index (κ3) is 4.12. The van der Waals surface area contributed by atoms with Crippen molar-refractivity contribution in [1.29, 1.82) is 0 Å². The van der Waals surface area contributed by atoms with Crippen molar-refractivity contribution in [2.24, 2.45) is 0 Å². The molecule has 0 saturated carbocycles. The van der Waals surface area contributed by atoms with E-state index in [2.05, 4.69) is 45.1 Å². The molecule has 1 aliphatic carbocycles. The van der Waals surface area contributed by atoms with E-state index in [0.717, 1.165) is 34.9 Å². The number of carbonyl (C=O) groups excluding carboxylic acids is 2. The lowest BCUT2D eigenvalue weighted by Crippen LogP contribution is -2.23. The van der Waals surface area contributed by atoms with Crippen molar-refractivity contribution in [3.8, 4) is 0 Å². The molecule has 32 heavy (non-hydrogen) atoms. The van der Waals surface area contributed by atoms with Crippen LogP contribution in [0.3, 0.4) is 0 Å². The highest BCUT2D eigenvalue weighted by Crippen LogP contribution is 2.41. The van der Waals surface area contributed by atoms with Gasteiger partial charge in [-0.2, -0.15) is 0 Å². The fourth-order valence-corrected chi connectivity index (χ4v) is 5.45. The predicted octanol–water partition coefficient (Wildman–Crippen LogP) is 7.12. The number of hydrogen-bond donors (Lipinski definition) is 1. The van der Waals surface area contributed by atoms with E-state index in [4.69, 9.17) is 0 Å². The van der Waals surface area contributed by atoms with E-state index in [0.29, 0.717) is 22.3 Å². The topological polar surface area (TPSA) is 46.2 Å². The summed E-state index contributed by atoms with van der Waals surface area (Å²) in [5.74, 6) is -0.161. The highest BCUT2D eigenvalue weighted by atomic mass is 32.2. The molecule has 0 fully saturated rings. The summed E-state index contributed by atoms with van der Waals surface area (Å²) in [6.07, 6.45) is 2.07. The molecule has 0 aliphatic heterocycles. The Bertz CT molecular complexity index is 1190. The molecule has 1 N–H and O–H groups in total. The van der Waals surface area contributed by atoms with Gasteiger partial charge >= 0.3 is 0 Å². The first-order valence-electron chi connectivity index (χ1n) is 11.2. The molecule has 4 heteroatoms. The van der Waals surface area contributed by atoms with Gasteiger partial charge < -0.3 is 5.32 Å². The number of benzene rings is 3. The van der Waals surface area contributed by atoms with E-state index in [9.17, 15) is 9.59 Å². The molecular formula is C28H29NO2S. The molecule has 0 unspecified atom stereocenters. The smallest absolute Gasteiger partial charge is 0.196 e.